The van der Waals surface area contributed by atoms with Crippen molar-refractivity contribution in [2.24, 2.45) is 5.92 Å². The number of nitrogens with zero attached hydrogens (tertiary/aromatic N) is 5. The van der Waals surface area contributed by atoms with Gasteiger partial charge in [-0.25, -0.2) is 4.98 Å². The number of para-hydroxylation sites is 2. The number of benzene rings is 3. The number of piperazine rings is 1. The minimum atomic E-state index is 0.113. The molecule has 0 unspecified atom stereocenters. The topological polar surface area (TPSA) is 44.6 Å². The number of anilines is 1. The lowest BCUT2D eigenvalue weighted by molar-refractivity contribution is -0.138. The number of rotatable bonds is 6. The van der Waals surface area contributed by atoms with Crippen molar-refractivity contribution in [3.05, 3.63) is 95.6 Å². The summed E-state index contributed by atoms with van der Waals surface area (Å²) in [6.07, 6.45) is 1.77. The van der Waals surface area contributed by atoms with E-state index in [1.54, 1.807) is 0 Å². The molecule has 0 aliphatic carbocycles. The molecule has 0 radical (unpaired) electrons. The highest BCUT2D eigenvalue weighted by molar-refractivity contribution is 5.80. The van der Waals surface area contributed by atoms with Gasteiger partial charge in [0.2, 0.25) is 11.9 Å². The van der Waals surface area contributed by atoms with Gasteiger partial charge in [0, 0.05) is 51.7 Å². The van der Waals surface area contributed by atoms with Gasteiger partial charge < -0.3 is 14.4 Å². The average molecular weight is 508 g/mol. The van der Waals surface area contributed by atoms with Gasteiger partial charge in [-0.15, -0.1) is 0 Å². The maximum atomic E-state index is 13.4. The van der Waals surface area contributed by atoms with E-state index in [1.165, 1.54) is 16.7 Å². The SMILES string of the molecule is Cc1ccc(Cn2c(N3CCC(C(=O)N4CCN(Cc5ccccc5)CC4)CC3)nc3ccccc32)cc1. The zero-order valence-electron chi connectivity index (χ0n) is 22.3. The van der Waals surface area contributed by atoms with Gasteiger partial charge in [-0.05, 0) is 43.0 Å². The van der Waals surface area contributed by atoms with Gasteiger partial charge in [-0.1, -0.05) is 72.3 Å². The fourth-order valence-electron chi connectivity index (χ4n) is 5.89. The van der Waals surface area contributed by atoms with E-state index in [4.69, 9.17) is 4.98 Å². The molecule has 1 amide bonds. The highest BCUT2D eigenvalue weighted by atomic mass is 16.2. The zero-order valence-corrected chi connectivity index (χ0v) is 22.3. The van der Waals surface area contributed by atoms with Crippen LogP contribution < -0.4 is 4.90 Å². The van der Waals surface area contributed by atoms with E-state index in [0.29, 0.717) is 5.91 Å². The number of aryl methyl sites for hydroxylation is 1. The van der Waals surface area contributed by atoms with Crippen LogP contribution in [0.2, 0.25) is 0 Å². The summed E-state index contributed by atoms with van der Waals surface area (Å²) in [4.78, 5) is 25.4. The molecule has 0 N–H and O–H groups in total. The molecule has 6 rings (SSSR count). The molecule has 38 heavy (non-hydrogen) atoms. The van der Waals surface area contributed by atoms with Crippen molar-refractivity contribution in [3.8, 4) is 0 Å². The third kappa shape index (κ3) is 5.32. The van der Waals surface area contributed by atoms with Crippen LogP contribution in [-0.2, 0) is 17.9 Å². The van der Waals surface area contributed by atoms with E-state index < -0.39 is 0 Å². The van der Waals surface area contributed by atoms with Crippen LogP contribution in [-0.4, -0.2) is 64.5 Å². The maximum absolute atomic E-state index is 13.4. The minimum Gasteiger partial charge on any atom is -0.342 e. The number of piperidine rings is 1. The van der Waals surface area contributed by atoms with E-state index in [9.17, 15) is 4.79 Å². The molecule has 0 saturated carbocycles. The molecule has 3 heterocycles. The Morgan fingerprint density at radius 3 is 2.16 bits per heavy atom. The number of amides is 1. The molecule has 2 fully saturated rings. The zero-order chi connectivity index (χ0) is 25.9. The van der Waals surface area contributed by atoms with E-state index in [2.05, 4.69) is 105 Å². The molecule has 6 heteroatoms. The quantitative estimate of drug-likeness (QED) is 0.370. The molecular formula is C32H37N5O. The lowest BCUT2D eigenvalue weighted by Gasteiger charge is -2.39. The summed E-state index contributed by atoms with van der Waals surface area (Å²) >= 11 is 0. The summed E-state index contributed by atoms with van der Waals surface area (Å²) in [6, 6.07) is 27.8. The average Bonchev–Trinajstić information content (AvgIpc) is 3.33. The van der Waals surface area contributed by atoms with Gasteiger partial charge in [0.1, 0.15) is 0 Å². The van der Waals surface area contributed by atoms with E-state index in [1.807, 2.05) is 0 Å². The molecule has 2 saturated heterocycles. The second-order valence-electron chi connectivity index (χ2n) is 10.8. The fraction of sp³-hybridized carbons (Fsp3) is 0.375. The third-order valence-electron chi connectivity index (χ3n) is 8.16. The van der Waals surface area contributed by atoms with E-state index in [0.717, 1.165) is 82.2 Å². The highest BCUT2D eigenvalue weighted by Crippen LogP contribution is 2.29. The molecule has 196 valence electrons. The number of hydrogen-bond donors (Lipinski definition) is 0. The number of hydrogen-bond acceptors (Lipinski definition) is 4. The van der Waals surface area contributed by atoms with Crippen molar-refractivity contribution in [2.45, 2.75) is 32.9 Å². The van der Waals surface area contributed by atoms with Crippen LogP contribution in [0.3, 0.4) is 0 Å². The lowest BCUT2D eigenvalue weighted by atomic mass is 9.95. The molecule has 3 aromatic carbocycles. The van der Waals surface area contributed by atoms with Crippen molar-refractivity contribution in [1.29, 1.82) is 0 Å². The van der Waals surface area contributed by atoms with Crippen LogP contribution in [0, 0.1) is 12.8 Å². The van der Waals surface area contributed by atoms with Gasteiger partial charge in [-0.3, -0.25) is 9.69 Å². The summed E-state index contributed by atoms with van der Waals surface area (Å²) in [5.74, 6) is 1.48. The second kappa shape index (κ2) is 11.0. The molecule has 1 aromatic heterocycles. The van der Waals surface area contributed by atoms with E-state index >= 15 is 0 Å². The summed E-state index contributed by atoms with van der Waals surface area (Å²) < 4.78 is 2.34. The first-order chi connectivity index (χ1) is 18.6. The fourth-order valence-corrected chi connectivity index (χ4v) is 5.89. The van der Waals surface area contributed by atoms with Crippen molar-refractivity contribution in [1.82, 2.24) is 19.4 Å². The first kappa shape index (κ1) is 24.7. The van der Waals surface area contributed by atoms with Crippen molar-refractivity contribution < 1.29 is 4.79 Å². The first-order valence-electron chi connectivity index (χ1n) is 13.9. The van der Waals surface area contributed by atoms with Crippen molar-refractivity contribution >= 4 is 22.9 Å². The molecule has 0 atom stereocenters. The van der Waals surface area contributed by atoms with Crippen molar-refractivity contribution in [3.63, 3.8) is 0 Å². The predicted octanol–water partition coefficient (Wildman–Crippen LogP) is 4.95. The molecule has 2 aliphatic rings. The van der Waals surface area contributed by atoms with Crippen LogP contribution in [0.4, 0.5) is 5.95 Å². The Morgan fingerprint density at radius 2 is 1.42 bits per heavy atom. The Hall–Kier alpha value is -3.64. The molecule has 6 nitrogen and oxygen atoms in total. The Bertz CT molecular complexity index is 1360. The predicted molar refractivity (Wildman–Crippen MR) is 153 cm³/mol. The molecule has 2 aliphatic heterocycles. The normalized spacial score (nSPS) is 17.3. The minimum absolute atomic E-state index is 0.113. The monoisotopic (exact) mass is 507 g/mol. The van der Waals surface area contributed by atoms with Gasteiger partial charge in [-0.2, -0.15) is 0 Å². The third-order valence-corrected chi connectivity index (χ3v) is 8.16. The summed E-state index contributed by atoms with van der Waals surface area (Å²) in [5.41, 5.74) is 6.08. The van der Waals surface area contributed by atoms with Crippen LogP contribution in [0.25, 0.3) is 11.0 Å². The Kier molecular flexibility index (Phi) is 7.14. The summed E-state index contributed by atoms with van der Waals surface area (Å²) in [6.45, 7) is 9.16. The van der Waals surface area contributed by atoms with Crippen LogP contribution in [0.1, 0.15) is 29.5 Å². The van der Waals surface area contributed by atoms with Crippen LogP contribution in [0.5, 0.6) is 0 Å². The molecule has 0 bridgehead atoms. The van der Waals surface area contributed by atoms with Gasteiger partial charge >= 0.3 is 0 Å². The standard InChI is InChI=1S/C32H37N5O/c1-25-11-13-27(14-12-25)24-37-30-10-6-5-9-29(30)33-32(37)36-17-15-28(16-18-36)31(38)35-21-19-34(20-22-35)23-26-7-3-2-4-8-26/h2-14,28H,15-24H2,1H3. The number of aromatic nitrogens is 2. The first-order valence-corrected chi connectivity index (χ1v) is 13.9. The number of carbonyl (C=O) groups excluding carboxylic acids is 1. The number of fused-ring (bicyclic) bond motifs is 1. The van der Waals surface area contributed by atoms with Gasteiger partial charge in [0.05, 0.1) is 17.6 Å². The van der Waals surface area contributed by atoms with E-state index in [-0.39, 0.29) is 5.92 Å². The largest absolute Gasteiger partial charge is 0.342 e. The number of imidazole rings is 1. The summed E-state index contributed by atoms with van der Waals surface area (Å²) in [7, 11) is 0. The van der Waals surface area contributed by atoms with Gasteiger partial charge in [0.25, 0.3) is 0 Å². The molecular weight excluding hydrogens is 470 g/mol. The Balaban J connectivity index is 1.09. The highest BCUT2D eigenvalue weighted by Gasteiger charge is 2.32. The van der Waals surface area contributed by atoms with Crippen molar-refractivity contribution in [2.75, 3.05) is 44.2 Å². The summed E-state index contributed by atoms with van der Waals surface area (Å²) in [5, 5.41) is 0. The smallest absolute Gasteiger partial charge is 0.225 e. The second-order valence-corrected chi connectivity index (χ2v) is 10.8. The Labute approximate surface area is 225 Å². The Morgan fingerprint density at radius 1 is 0.763 bits per heavy atom. The van der Waals surface area contributed by atoms with Crippen LogP contribution in [0.15, 0.2) is 78.9 Å². The van der Waals surface area contributed by atoms with Crippen LogP contribution >= 0.6 is 0 Å². The molecule has 4 aromatic rings. The number of carbonyl (C=O) groups is 1. The van der Waals surface area contributed by atoms with Gasteiger partial charge in [0.15, 0.2) is 0 Å². The lowest BCUT2D eigenvalue weighted by Crippen LogP contribution is -2.51. The molecule has 0 spiro atoms. The maximum Gasteiger partial charge on any atom is 0.225 e.